The van der Waals surface area contributed by atoms with Crippen LogP contribution in [0.15, 0.2) is 29.4 Å². The van der Waals surface area contributed by atoms with Gasteiger partial charge in [-0.15, -0.1) is 0 Å². The van der Waals surface area contributed by atoms with Crippen molar-refractivity contribution >= 4 is 8.32 Å². The second kappa shape index (κ2) is 9.10. The molecule has 0 fully saturated rings. The fourth-order valence-corrected chi connectivity index (χ4v) is 2.80. The van der Waals surface area contributed by atoms with Crippen LogP contribution in [0.1, 0.15) is 20.8 Å². The maximum Gasteiger partial charge on any atom is 0.191 e. The van der Waals surface area contributed by atoms with Crippen LogP contribution in [0.2, 0.25) is 18.1 Å². The van der Waals surface area contributed by atoms with Crippen molar-refractivity contribution in [3.05, 3.63) is 34.7 Å². The van der Waals surface area contributed by atoms with Crippen LogP contribution in [0.3, 0.4) is 0 Å². The molecule has 0 aromatic heterocycles. The van der Waals surface area contributed by atoms with Gasteiger partial charge < -0.3 is 19.0 Å². The van der Waals surface area contributed by atoms with Crippen molar-refractivity contribution < 1.29 is 19.0 Å². The van der Waals surface area contributed by atoms with Crippen molar-refractivity contribution in [1.82, 2.24) is 0 Å². The molecule has 0 aliphatic rings. The normalized spacial score (nSPS) is 14.4. The van der Waals surface area contributed by atoms with Crippen LogP contribution in [0.4, 0.5) is 0 Å². The number of hydrogen-bond acceptors (Lipinski definition) is 5. The quantitative estimate of drug-likeness (QED) is 0.307. The number of benzene rings is 1. The van der Waals surface area contributed by atoms with E-state index in [2.05, 4.69) is 43.9 Å². The highest BCUT2D eigenvalue weighted by Gasteiger charge is 2.38. The fraction of sp³-hybridized carbons (Fsp3) is 0.647. The third-order valence-electron chi connectivity index (χ3n) is 4.53. The van der Waals surface area contributed by atoms with Gasteiger partial charge in [0.05, 0.1) is 19.3 Å². The molecule has 25 heavy (non-hydrogen) atoms. The number of aliphatic hydroxyl groups excluding tert-OH is 1. The largest absolute Gasteiger partial charge is 0.497 e. The first-order valence-corrected chi connectivity index (χ1v) is 11.1. The third-order valence-corrected chi connectivity index (χ3v) is 9.03. The zero-order chi connectivity index (χ0) is 19.1. The highest BCUT2D eigenvalue weighted by atomic mass is 28.4. The first-order valence-electron chi connectivity index (χ1n) is 8.24. The van der Waals surface area contributed by atoms with Gasteiger partial charge in [-0.05, 0) is 35.8 Å². The molecule has 1 aromatic carbocycles. The minimum absolute atomic E-state index is 0.00227. The molecular formula is C17H29N3O4Si. The van der Waals surface area contributed by atoms with Gasteiger partial charge in [-0.3, -0.25) is 0 Å². The topological polar surface area (TPSA) is 96.7 Å². The van der Waals surface area contributed by atoms with Gasteiger partial charge in [0.15, 0.2) is 8.32 Å². The van der Waals surface area contributed by atoms with Gasteiger partial charge in [-0.25, -0.2) is 0 Å². The zero-order valence-electron chi connectivity index (χ0n) is 15.9. The van der Waals surface area contributed by atoms with Gasteiger partial charge in [0, 0.05) is 17.6 Å². The van der Waals surface area contributed by atoms with Crippen LogP contribution >= 0.6 is 0 Å². The molecule has 7 nitrogen and oxygen atoms in total. The molecule has 0 spiro atoms. The Labute approximate surface area is 150 Å². The second-order valence-corrected chi connectivity index (χ2v) is 12.2. The molecule has 0 heterocycles. The monoisotopic (exact) mass is 367 g/mol. The van der Waals surface area contributed by atoms with E-state index in [9.17, 15) is 5.11 Å². The predicted octanol–water partition coefficient (Wildman–Crippen LogP) is 4.14. The number of rotatable bonds is 9. The van der Waals surface area contributed by atoms with E-state index in [1.54, 1.807) is 31.4 Å². The summed E-state index contributed by atoms with van der Waals surface area (Å²) in [6.45, 7) is 10.8. The Morgan fingerprint density at radius 2 is 1.88 bits per heavy atom. The SMILES string of the molecule is COc1cccc(OC[C@@H](O)[C@H](CO[Si](C)(C)C(C)(C)C)N=[N+]=[N-])c1. The first-order chi connectivity index (χ1) is 11.6. The molecule has 1 aromatic rings. The average molecular weight is 368 g/mol. The number of ether oxygens (including phenoxy) is 2. The van der Waals surface area contributed by atoms with E-state index in [-0.39, 0.29) is 18.3 Å². The summed E-state index contributed by atoms with van der Waals surface area (Å²) in [5.74, 6) is 1.24. The lowest BCUT2D eigenvalue weighted by atomic mass is 10.2. The number of nitrogens with zero attached hydrogens (tertiary/aromatic N) is 3. The van der Waals surface area contributed by atoms with Crippen LogP contribution in [0, 0.1) is 0 Å². The van der Waals surface area contributed by atoms with Crippen LogP contribution in [-0.2, 0) is 4.43 Å². The minimum Gasteiger partial charge on any atom is -0.497 e. The summed E-state index contributed by atoms with van der Waals surface area (Å²) in [5.41, 5.74) is 8.77. The Morgan fingerprint density at radius 1 is 1.24 bits per heavy atom. The lowest BCUT2D eigenvalue weighted by molar-refractivity contribution is 0.0659. The Bertz CT molecular complexity index is 598. The van der Waals surface area contributed by atoms with E-state index < -0.39 is 20.5 Å². The minimum atomic E-state index is -1.99. The van der Waals surface area contributed by atoms with Gasteiger partial charge in [0.25, 0.3) is 0 Å². The highest BCUT2D eigenvalue weighted by molar-refractivity contribution is 6.74. The van der Waals surface area contributed by atoms with E-state index in [4.69, 9.17) is 19.4 Å². The molecule has 0 saturated heterocycles. The number of hydrogen-bond donors (Lipinski definition) is 1. The molecule has 0 aliphatic carbocycles. The van der Waals surface area contributed by atoms with Crippen LogP contribution in [0.5, 0.6) is 11.5 Å². The van der Waals surface area contributed by atoms with Crippen molar-refractivity contribution in [3.8, 4) is 11.5 Å². The summed E-state index contributed by atoms with van der Waals surface area (Å²) < 4.78 is 16.8. The maximum absolute atomic E-state index is 10.3. The smallest absolute Gasteiger partial charge is 0.191 e. The molecule has 1 N–H and O–H groups in total. The number of methoxy groups -OCH3 is 1. The van der Waals surface area contributed by atoms with Crippen molar-refractivity contribution in [2.24, 2.45) is 5.11 Å². The van der Waals surface area contributed by atoms with Crippen molar-refractivity contribution in [1.29, 1.82) is 0 Å². The number of azide groups is 1. The molecule has 0 amide bonds. The standard InChI is InChI=1S/C17H29N3O4Si/c1-17(2,3)25(5,6)24-11-15(19-20-18)16(21)12-23-14-9-7-8-13(10-14)22-4/h7-10,15-16,21H,11-12H2,1-6H3/t15-,16+/m0/s1. The summed E-state index contributed by atoms with van der Waals surface area (Å²) in [5, 5.41) is 14.1. The average Bonchev–Trinajstić information content (AvgIpc) is 2.55. The third kappa shape index (κ3) is 6.59. The molecule has 8 heteroatoms. The van der Waals surface area contributed by atoms with E-state index in [1.165, 1.54) is 0 Å². The zero-order valence-corrected chi connectivity index (χ0v) is 16.9. The summed E-state index contributed by atoms with van der Waals surface area (Å²) in [6, 6.07) is 6.39. The molecule has 2 atom stereocenters. The Hall–Kier alpha value is -1.73. The molecule has 0 radical (unpaired) electrons. The second-order valence-electron chi connectivity index (χ2n) is 7.40. The molecule has 140 valence electrons. The highest BCUT2D eigenvalue weighted by Crippen LogP contribution is 2.36. The van der Waals surface area contributed by atoms with E-state index >= 15 is 0 Å². The predicted molar refractivity (Wildman–Crippen MR) is 101 cm³/mol. The summed E-state index contributed by atoms with van der Waals surface area (Å²) in [6.07, 6.45) is -0.966. The molecule has 0 aliphatic heterocycles. The van der Waals surface area contributed by atoms with Gasteiger partial charge in [-0.1, -0.05) is 32.0 Å². The molecule has 0 saturated carbocycles. The number of aliphatic hydroxyl groups is 1. The first kappa shape index (κ1) is 21.3. The van der Waals surface area contributed by atoms with E-state index in [1.807, 2.05) is 0 Å². The summed E-state index contributed by atoms with van der Waals surface area (Å²) >= 11 is 0. The van der Waals surface area contributed by atoms with Gasteiger partial charge >= 0.3 is 0 Å². The lowest BCUT2D eigenvalue weighted by Gasteiger charge is -2.37. The Kier molecular flexibility index (Phi) is 7.76. The van der Waals surface area contributed by atoms with Gasteiger partial charge in [0.2, 0.25) is 0 Å². The van der Waals surface area contributed by atoms with Crippen LogP contribution in [-0.4, -0.2) is 45.9 Å². The molecule has 1 rings (SSSR count). The van der Waals surface area contributed by atoms with Crippen molar-refractivity contribution in [3.63, 3.8) is 0 Å². The van der Waals surface area contributed by atoms with E-state index in [0.717, 1.165) is 0 Å². The maximum atomic E-state index is 10.3. The Balaban J connectivity index is 2.67. The van der Waals surface area contributed by atoms with Crippen LogP contribution < -0.4 is 9.47 Å². The van der Waals surface area contributed by atoms with Crippen molar-refractivity contribution in [2.45, 2.75) is 51.0 Å². The molecule has 0 bridgehead atoms. The van der Waals surface area contributed by atoms with Gasteiger partial charge in [0.1, 0.15) is 18.1 Å². The van der Waals surface area contributed by atoms with Gasteiger partial charge in [-0.2, -0.15) is 0 Å². The summed E-state index contributed by atoms with van der Waals surface area (Å²) in [4.78, 5) is 2.83. The fourth-order valence-electron chi connectivity index (χ4n) is 1.78. The molecule has 0 unspecified atom stereocenters. The molecular weight excluding hydrogens is 338 g/mol. The summed E-state index contributed by atoms with van der Waals surface area (Å²) in [7, 11) is -0.420. The van der Waals surface area contributed by atoms with E-state index in [0.29, 0.717) is 11.5 Å². The van der Waals surface area contributed by atoms with Crippen LogP contribution in [0.25, 0.3) is 10.4 Å². The Morgan fingerprint density at radius 3 is 2.44 bits per heavy atom. The lowest BCUT2D eigenvalue weighted by Crippen LogP contribution is -2.44. The van der Waals surface area contributed by atoms with Crippen molar-refractivity contribution in [2.75, 3.05) is 20.3 Å².